The molecular weight excluding hydrogens is 214 g/mol. The largest absolute Gasteiger partial charge is 0.461 e. The third kappa shape index (κ3) is 4.66. The van der Waals surface area contributed by atoms with Crippen molar-refractivity contribution in [3.8, 4) is 0 Å². The van der Waals surface area contributed by atoms with E-state index in [9.17, 15) is 4.79 Å². The number of rotatable bonds is 5. The second-order valence-corrected chi connectivity index (χ2v) is 6.43. The Bertz CT molecular complexity index is 261. The van der Waals surface area contributed by atoms with Gasteiger partial charge in [0.05, 0.1) is 6.54 Å². The number of hydrogen-bond acceptors (Lipinski definition) is 3. The molecule has 2 saturated carbocycles. The van der Waals surface area contributed by atoms with Crippen molar-refractivity contribution in [3.63, 3.8) is 0 Å². The Morgan fingerprint density at radius 1 is 1.24 bits per heavy atom. The molecule has 0 aromatic carbocycles. The number of hydrogen-bond donors (Lipinski definition) is 1. The van der Waals surface area contributed by atoms with Gasteiger partial charge >= 0.3 is 5.97 Å². The van der Waals surface area contributed by atoms with Crippen LogP contribution in [0.4, 0.5) is 0 Å². The first-order chi connectivity index (χ1) is 8.05. The summed E-state index contributed by atoms with van der Waals surface area (Å²) in [5, 5.41) is 3.18. The summed E-state index contributed by atoms with van der Waals surface area (Å²) in [5.74, 6) is 0.744. The van der Waals surface area contributed by atoms with Gasteiger partial charge in [0, 0.05) is 0 Å². The maximum atomic E-state index is 11.6. The quantitative estimate of drug-likeness (QED) is 0.749. The van der Waals surface area contributed by atoms with Crippen LogP contribution in [0.1, 0.15) is 52.4 Å². The topological polar surface area (TPSA) is 38.3 Å². The van der Waals surface area contributed by atoms with Crippen LogP contribution in [0, 0.1) is 11.3 Å². The standard InChI is InChI=1S/C14H25NO2/c1-14(2)7-5-12(6-8-14)17-13(16)10-15-9-11-3-4-11/h11-12,15H,3-10H2,1-2H3. The lowest BCUT2D eigenvalue weighted by Crippen LogP contribution is -2.32. The SMILES string of the molecule is CC1(C)CCC(OC(=O)CNCC2CC2)CC1. The Balaban J connectivity index is 1.58. The summed E-state index contributed by atoms with van der Waals surface area (Å²) in [7, 11) is 0. The van der Waals surface area contributed by atoms with Crippen molar-refractivity contribution in [1.82, 2.24) is 5.32 Å². The molecule has 1 N–H and O–H groups in total. The van der Waals surface area contributed by atoms with Crippen LogP contribution >= 0.6 is 0 Å². The number of nitrogens with one attached hydrogen (secondary N) is 1. The molecule has 3 nitrogen and oxygen atoms in total. The van der Waals surface area contributed by atoms with E-state index < -0.39 is 0 Å². The molecule has 2 fully saturated rings. The molecule has 2 aliphatic carbocycles. The summed E-state index contributed by atoms with van der Waals surface area (Å²) in [6, 6.07) is 0. The Labute approximate surface area is 104 Å². The number of carbonyl (C=O) groups excluding carboxylic acids is 1. The maximum absolute atomic E-state index is 11.6. The normalized spacial score (nSPS) is 24.6. The molecule has 0 spiro atoms. The van der Waals surface area contributed by atoms with Crippen molar-refractivity contribution in [2.75, 3.05) is 13.1 Å². The third-order valence-corrected chi connectivity index (χ3v) is 3.98. The van der Waals surface area contributed by atoms with Gasteiger partial charge in [-0.05, 0) is 56.4 Å². The molecule has 2 rings (SSSR count). The molecule has 2 aliphatic rings. The minimum absolute atomic E-state index is 0.0737. The molecule has 17 heavy (non-hydrogen) atoms. The Morgan fingerprint density at radius 2 is 1.88 bits per heavy atom. The molecule has 3 heteroatoms. The zero-order valence-corrected chi connectivity index (χ0v) is 11.1. The zero-order valence-electron chi connectivity index (χ0n) is 11.1. The number of esters is 1. The van der Waals surface area contributed by atoms with Crippen LogP contribution in [0.15, 0.2) is 0 Å². The molecule has 0 aromatic rings. The van der Waals surface area contributed by atoms with E-state index in [0.717, 1.165) is 25.3 Å². The van der Waals surface area contributed by atoms with Crippen LogP contribution in [0.3, 0.4) is 0 Å². The van der Waals surface area contributed by atoms with Crippen LogP contribution in [0.25, 0.3) is 0 Å². The molecule has 0 aromatic heterocycles. The summed E-state index contributed by atoms with van der Waals surface area (Å²) in [6.45, 7) is 5.95. The second-order valence-electron chi connectivity index (χ2n) is 6.43. The summed E-state index contributed by atoms with van der Waals surface area (Å²) in [6.07, 6.45) is 7.20. The second kappa shape index (κ2) is 5.38. The lowest BCUT2D eigenvalue weighted by Gasteiger charge is -2.33. The van der Waals surface area contributed by atoms with Gasteiger partial charge in [-0.25, -0.2) is 0 Å². The van der Waals surface area contributed by atoms with Crippen molar-refractivity contribution >= 4 is 5.97 Å². The highest BCUT2D eigenvalue weighted by molar-refractivity contribution is 5.71. The van der Waals surface area contributed by atoms with Crippen molar-refractivity contribution < 1.29 is 9.53 Å². The van der Waals surface area contributed by atoms with Gasteiger partial charge in [0.15, 0.2) is 0 Å². The predicted octanol–water partition coefficient (Wildman–Crippen LogP) is 2.50. The van der Waals surface area contributed by atoms with Crippen molar-refractivity contribution in [2.45, 2.75) is 58.5 Å². The van der Waals surface area contributed by atoms with Gasteiger partial charge in [0.1, 0.15) is 6.10 Å². The molecular formula is C14H25NO2. The zero-order chi connectivity index (χ0) is 12.3. The first-order valence-electron chi connectivity index (χ1n) is 6.95. The summed E-state index contributed by atoms with van der Waals surface area (Å²) >= 11 is 0. The fourth-order valence-corrected chi connectivity index (χ4v) is 2.42. The maximum Gasteiger partial charge on any atom is 0.320 e. The molecule has 0 radical (unpaired) electrons. The highest BCUT2D eigenvalue weighted by Gasteiger charge is 2.28. The third-order valence-electron chi connectivity index (χ3n) is 3.98. The van der Waals surface area contributed by atoms with E-state index in [2.05, 4.69) is 19.2 Å². The minimum atomic E-state index is -0.0737. The smallest absolute Gasteiger partial charge is 0.320 e. The van der Waals surface area contributed by atoms with Crippen molar-refractivity contribution in [3.05, 3.63) is 0 Å². The van der Waals surface area contributed by atoms with Crippen LogP contribution in [0.5, 0.6) is 0 Å². The van der Waals surface area contributed by atoms with Crippen molar-refractivity contribution in [2.24, 2.45) is 11.3 Å². The lowest BCUT2D eigenvalue weighted by molar-refractivity contribution is -0.150. The number of ether oxygens (including phenoxy) is 1. The van der Waals surface area contributed by atoms with Crippen LogP contribution in [-0.2, 0) is 9.53 Å². The highest BCUT2D eigenvalue weighted by Crippen LogP contribution is 2.36. The van der Waals surface area contributed by atoms with Crippen molar-refractivity contribution in [1.29, 1.82) is 0 Å². The molecule has 0 atom stereocenters. The monoisotopic (exact) mass is 239 g/mol. The number of carbonyl (C=O) groups is 1. The first kappa shape index (κ1) is 12.9. The summed E-state index contributed by atoms with van der Waals surface area (Å²) < 4.78 is 5.49. The van der Waals surface area contributed by atoms with Crippen LogP contribution in [0.2, 0.25) is 0 Å². The van der Waals surface area contributed by atoms with Crippen LogP contribution in [-0.4, -0.2) is 25.2 Å². The van der Waals surface area contributed by atoms with Gasteiger partial charge in [0.25, 0.3) is 0 Å². The summed E-state index contributed by atoms with van der Waals surface area (Å²) in [4.78, 5) is 11.6. The van der Waals surface area contributed by atoms with Gasteiger partial charge < -0.3 is 10.1 Å². The van der Waals surface area contributed by atoms with Gasteiger partial charge in [-0.15, -0.1) is 0 Å². The van der Waals surface area contributed by atoms with Gasteiger partial charge in [-0.2, -0.15) is 0 Å². The minimum Gasteiger partial charge on any atom is -0.461 e. The van der Waals surface area contributed by atoms with Crippen LogP contribution < -0.4 is 5.32 Å². The highest BCUT2D eigenvalue weighted by atomic mass is 16.5. The molecule has 0 heterocycles. The fraction of sp³-hybridized carbons (Fsp3) is 0.929. The Hall–Kier alpha value is -0.570. The molecule has 0 bridgehead atoms. The predicted molar refractivity (Wildman–Crippen MR) is 67.7 cm³/mol. The average Bonchev–Trinajstić information content (AvgIpc) is 3.05. The first-order valence-corrected chi connectivity index (χ1v) is 6.95. The van der Waals surface area contributed by atoms with E-state index >= 15 is 0 Å². The van der Waals surface area contributed by atoms with Gasteiger partial charge in [-0.3, -0.25) is 4.79 Å². The van der Waals surface area contributed by atoms with E-state index in [1.54, 1.807) is 0 Å². The molecule has 0 unspecified atom stereocenters. The van der Waals surface area contributed by atoms with E-state index in [1.165, 1.54) is 25.7 Å². The average molecular weight is 239 g/mol. The summed E-state index contributed by atoms with van der Waals surface area (Å²) in [5.41, 5.74) is 0.438. The fourth-order valence-electron chi connectivity index (χ4n) is 2.42. The Morgan fingerprint density at radius 3 is 2.47 bits per heavy atom. The molecule has 0 aliphatic heterocycles. The molecule has 98 valence electrons. The van der Waals surface area contributed by atoms with E-state index in [1.807, 2.05) is 0 Å². The molecule has 0 amide bonds. The lowest BCUT2D eigenvalue weighted by atomic mass is 9.76. The Kier molecular flexibility index (Phi) is 4.08. The van der Waals surface area contributed by atoms with Gasteiger partial charge in [0.2, 0.25) is 0 Å². The van der Waals surface area contributed by atoms with E-state index in [4.69, 9.17) is 4.74 Å². The molecule has 0 saturated heterocycles. The van der Waals surface area contributed by atoms with E-state index in [-0.39, 0.29) is 12.1 Å². The van der Waals surface area contributed by atoms with Gasteiger partial charge in [-0.1, -0.05) is 13.8 Å². The van der Waals surface area contributed by atoms with E-state index in [0.29, 0.717) is 12.0 Å².